The van der Waals surface area contributed by atoms with E-state index in [0.717, 1.165) is 22.4 Å². The molecule has 9 heteroatoms. The number of rotatable bonds is 4. The molecular formula is C29H30N6O3. The van der Waals surface area contributed by atoms with E-state index in [4.69, 9.17) is 5.26 Å². The third-order valence-corrected chi connectivity index (χ3v) is 7.30. The van der Waals surface area contributed by atoms with Gasteiger partial charge in [0.1, 0.15) is 17.6 Å². The van der Waals surface area contributed by atoms with Gasteiger partial charge >= 0.3 is 0 Å². The Kier molecular flexibility index (Phi) is 7.07. The Balaban J connectivity index is 1.43. The minimum Gasteiger partial charge on any atom is -0.393 e. The van der Waals surface area contributed by atoms with Crippen LogP contribution in [0.1, 0.15) is 60.8 Å². The first-order chi connectivity index (χ1) is 18.3. The third-order valence-electron chi connectivity index (χ3n) is 7.30. The van der Waals surface area contributed by atoms with Crippen molar-refractivity contribution in [1.82, 2.24) is 14.9 Å². The van der Waals surface area contributed by atoms with Gasteiger partial charge < -0.3 is 20.2 Å². The van der Waals surface area contributed by atoms with Crippen LogP contribution >= 0.6 is 0 Å². The van der Waals surface area contributed by atoms with E-state index in [1.54, 1.807) is 36.2 Å². The summed E-state index contributed by atoms with van der Waals surface area (Å²) in [5.74, 6) is 0.513. The zero-order chi connectivity index (χ0) is 26.8. The second-order valence-corrected chi connectivity index (χ2v) is 9.94. The number of pyridine rings is 2. The van der Waals surface area contributed by atoms with Crippen molar-refractivity contribution in [3.8, 4) is 17.2 Å². The summed E-state index contributed by atoms with van der Waals surface area (Å²) < 4.78 is 0. The van der Waals surface area contributed by atoms with E-state index in [1.807, 2.05) is 30.0 Å². The summed E-state index contributed by atoms with van der Waals surface area (Å²) >= 11 is 0. The van der Waals surface area contributed by atoms with Gasteiger partial charge in [-0.1, -0.05) is 12.1 Å². The number of amides is 2. The number of anilines is 2. The van der Waals surface area contributed by atoms with E-state index in [1.165, 1.54) is 6.20 Å². The Bertz CT molecular complexity index is 1370. The number of nitrogens with zero attached hydrogens (tertiary/aromatic N) is 5. The Morgan fingerprint density at radius 3 is 2.45 bits per heavy atom. The largest absolute Gasteiger partial charge is 0.393 e. The van der Waals surface area contributed by atoms with Crippen molar-refractivity contribution in [2.45, 2.75) is 51.3 Å². The van der Waals surface area contributed by atoms with E-state index in [9.17, 15) is 14.7 Å². The van der Waals surface area contributed by atoms with Crippen molar-refractivity contribution in [2.24, 2.45) is 0 Å². The van der Waals surface area contributed by atoms with Gasteiger partial charge in [0.2, 0.25) is 5.91 Å². The predicted octanol–water partition coefficient (Wildman–Crippen LogP) is 3.91. The summed E-state index contributed by atoms with van der Waals surface area (Å²) in [6.45, 7) is 4.66. The first-order valence-electron chi connectivity index (χ1n) is 12.8. The maximum Gasteiger partial charge on any atom is 0.272 e. The van der Waals surface area contributed by atoms with Gasteiger partial charge in [0.05, 0.1) is 17.7 Å². The van der Waals surface area contributed by atoms with Gasteiger partial charge in [0, 0.05) is 49.7 Å². The second kappa shape index (κ2) is 10.6. The van der Waals surface area contributed by atoms with Gasteiger partial charge in [0.25, 0.3) is 5.91 Å². The number of nitrogens with one attached hydrogen (secondary N) is 1. The first kappa shape index (κ1) is 25.4. The average molecular weight is 511 g/mol. The third kappa shape index (κ3) is 5.08. The topological polar surface area (TPSA) is 122 Å². The molecule has 5 rings (SSSR count). The number of aliphatic hydroxyl groups is 1. The zero-order valence-electron chi connectivity index (χ0n) is 21.5. The number of carbonyl (C=O) groups is 2. The van der Waals surface area contributed by atoms with Crippen LogP contribution in [0.3, 0.4) is 0 Å². The molecule has 1 fully saturated rings. The number of carbonyl (C=O) groups excluding carboxylic acids is 2. The van der Waals surface area contributed by atoms with Crippen LogP contribution in [0.2, 0.25) is 0 Å². The molecule has 38 heavy (non-hydrogen) atoms. The second-order valence-electron chi connectivity index (χ2n) is 9.94. The molecule has 2 aliphatic rings. The number of nitriles is 1. The van der Waals surface area contributed by atoms with E-state index in [2.05, 4.69) is 27.4 Å². The number of benzene rings is 1. The Hall–Kier alpha value is -4.29. The van der Waals surface area contributed by atoms with Gasteiger partial charge in [-0.05, 0) is 67.6 Å². The summed E-state index contributed by atoms with van der Waals surface area (Å²) in [5, 5.41) is 22.3. The molecule has 0 saturated carbocycles. The molecule has 2 N–H and O–H groups in total. The molecule has 4 heterocycles. The highest BCUT2D eigenvalue weighted by molar-refractivity contribution is 5.95. The molecule has 0 spiro atoms. The first-order valence-corrected chi connectivity index (χ1v) is 12.8. The summed E-state index contributed by atoms with van der Waals surface area (Å²) in [7, 11) is 0. The van der Waals surface area contributed by atoms with Gasteiger partial charge in [-0.15, -0.1) is 0 Å². The van der Waals surface area contributed by atoms with Crippen LogP contribution in [0.15, 0.2) is 54.9 Å². The van der Waals surface area contributed by atoms with E-state index >= 15 is 0 Å². The quantitative estimate of drug-likeness (QED) is 0.546. The van der Waals surface area contributed by atoms with Crippen LogP contribution in [0.25, 0.3) is 11.1 Å². The molecule has 2 aliphatic heterocycles. The number of aliphatic hydroxyl groups excluding tert-OH is 1. The maximum absolute atomic E-state index is 12.8. The summed E-state index contributed by atoms with van der Waals surface area (Å²) in [5.41, 5.74) is 4.47. The lowest BCUT2D eigenvalue weighted by Crippen LogP contribution is -2.43. The molecule has 0 bridgehead atoms. The molecule has 1 saturated heterocycles. The minimum absolute atomic E-state index is 0.00964. The van der Waals surface area contributed by atoms with E-state index in [0.29, 0.717) is 49.4 Å². The SMILES string of the molecule is CC(=O)N1c2ccc(-c3ccc(C(=O)N4CCC(O)CC4)nc3)cc2C(Nc2ccc(C#N)cn2)CC1C. The highest BCUT2D eigenvalue weighted by Gasteiger charge is 2.33. The Labute approximate surface area is 221 Å². The van der Waals surface area contributed by atoms with E-state index < -0.39 is 0 Å². The zero-order valence-corrected chi connectivity index (χ0v) is 21.5. The Morgan fingerprint density at radius 2 is 1.82 bits per heavy atom. The number of fused-ring (bicyclic) bond motifs is 1. The van der Waals surface area contributed by atoms with Crippen LogP contribution in [-0.4, -0.2) is 57.0 Å². The van der Waals surface area contributed by atoms with Crippen LogP contribution < -0.4 is 10.2 Å². The molecule has 1 aromatic carbocycles. The molecule has 194 valence electrons. The maximum atomic E-state index is 12.8. The van der Waals surface area contributed by atoms with Crippen molar-refractivity contribution in [3.05, 3.63) is 71.7 Å². The molecule has 2 unspecified atom stereocenters. The van der Waals surface area contributed by atoms with Crippen molar-refractivity contribution < 1.29 is 14.7 Å². The smallest absolute Gasteiger partial charge is 0.272 e. The van der Waals surface area contributed by atoms with Crippen LogP contribution in [-0.2, 0) is 4.79 Å². The molecule has 9 nitrogen and oxygen atoms in total. The lowest BCUT2D eigenvalue weighted by molar-refractivity contribution is -0.117. The number of piperidine rings is 1. The molecular weight excluding hydrogens is 480 g/mol. The fraction of sp³-hybridized carbons (Fsp3) is 0.345. The van der Waals surface area contributed by atoms with Crippen molar-refractivity contribution in [2.75, 3.05) is 23.3 Å². The number of hydrogen-bond donors (Lipinski definition) is 2. The predicted molar refractivity (Wildman–Crippen MR) is 143 cm³/mol. The van der Waals surface area contributed by atoms with E-state index in [-0.39, 0.29) is 30.0 Å². The number of aromatic nitrogens is 2. The lowest BCUT2D eigenvalue weighted by atomic mass is 9.89. The highest BCUT2D eigenvalue weighted by Crippen LogP contribution is 2.41. The van der Waals surface area contributed by atoms with Gasteiger partial charge in [-0.3, -0.25) is 14.6 Å². The molecule has 2 atom stereocenters. The summed E-state index contributed by atoms with van der Waals surface area (Å²) in [4.78, 5) is 37.7. The summed E-state index contributed by atoms with van der Waals surface area (Å²) in [6, 6.07) is 15.1. The average Bonchev–Trinajstić information content (AvgIpc) is 2.93. The van der Waals surface area contributed by atoms with Crippen LogP contribution in [0.5, 0.6) is 0 Å². The van der Waals surface area contributed by atoms with Crippen LogP contribution in [0, 0.1) is 11.3 Å². The van der Waals surface area contributed by atoms with Crippen molar-refractivity contribution in [3.63, 3.8) is 0 Å². The van der Waals surface area contributed by atoms with Crippen molar-refractivity contribution >= 4 is 23.3 Å². The molecule has 0 radical (unpaired) electrons. The molecule has 0 aliphatic carbocycles. The van der Waals surface area contributed by atoms with Gasteiger partial charge in [-0.2, -0.15) is 5.26 Å². The van der Waals surface area contributed by atoms with Gasteiger partial charge in [-0.25, -0.2) is 4.98 Å². The minimum atomic E-state index is -0.341. The molecule has 2 aromatic heterocycles. The molecule has 3 aromatic rings. The number of hydrogen-bond acceptors (Lipinski definition) is 7. The normalized spacial score (nSPS) is 19.4. The monoisotopic (exact) mass is 510 g/mol. The highest BCUT2D eigenvalue weighted by atomic mass is 16.3. The summed E-state index contributed by atoms with van der Waals surface area (Å²) in [6.07, 6.45) is 4.75. The van der Waals surface area contributed by atoms with Crippen LogP contribution in [0.4, 0.5) is 11.5 Å². The van der Waals surface area contributed by atoms with Gasteiger partial charge in [0.15, 0.2) is 0 Å². The Morgan fingerprint density at radius 1 is 1.05 bits per heavy atom. The fourth-order valence-corrected chi connectivity index (χ4v) is 5.31. The molecule has 2 amide bonds. The van der Waals surface area contributed by atoms with Crippen molar-refractivity contribution in [1.29, 1.82) is 5.26 Å². The fourth-order valence-electron chi connectivity index (χ4n) is 5.31. The lowest BCUT2D eigenvalue weighted by Gasteiger charge is -2.39. The number of likely N-dealkylation sites (tertiary alicyclic amines) is 1. The standard InChI is InChI=1S/C29H30N6O3/c1-18-13-26(33-28-8-3-20(15-30)16-32-28)24-14-21(5-7-27(24)35(18)19(2)36)22-4-6-25(31-17-22)29(38)34-11-9-23(37)10-12-34/h3-8,14,16-18,23,26,37H,9-13H2,1-2H3,(H,32,33).